The van der Waals surface area contributed by atoms with Gasteiger partial charge in [-0.25, -0.2) is 0 Å². The van der Waals surface area contributed by atoms with Crippen molar-refractivity contribution in [3.8, 4) is 5.75 Å². The molecule has 2 atom stereocenters. The van der Waals surface area contributed by atoms with E-state index in [0.717, 1.165) is 42.6 Å². The van der Waals surface area contributed by atoms with Gasteiger partial charge in [0.05, 0.1) is 19.6 Å². The molecule has 5 nitrogen and oxygen atoms in total. The maximum Gasteiger partial charge on any atom is 0.309 e. The number of hydrogen-bond acceptors (Lipinski definition) is 4. The Hall–Kier alpha value is -2.04. The molecule has 1 N–H and O–H groups in total. The quantitative estimate of drug-likeness (QED) is 0.568. The fourth-order valence-corrected chi connectivity index (χ4v) is 3.68. The van der Waals surface area contributed by atoms with Gasteiger partial charge in [-0.1, -0.05) is 31.0 Å². The average molecular weight is 361 g/mol. The number of carbonyl (C=O) groups excluding carboxylic acids is 2. The number of hydrogen-bond donors (Lipinski definition) is 1. The molecular weight excluding hydrogens is 330 g/mol. The van der Waals surface area contributed by atoms with Gasteiger partial charge in [0.1, 0.15) is 5.75 Å². The Labute approximate surface area is 156 Å². The van der Waals surface area contributed by atoms with E-state index in [1.165, 1.54) is 7.11 Å². The van der Waals surface area contributed by atoms with Crippen LogP contribution in [0, 0.1) is 25.7 Å². The lowest BCUT2D eigenvalue weighted by atomic mass is 9.79. The summed E-state index contributed by atoms with van der Waals surface area (Å²) in [6.45, 7) is 5.12. The van der Waals surface area contributed by atoms with E-state index in [2.05, 4.69) is 5.32 Å². The molecule has 144 valence electrons. The van der Waals surface area contributed by atoms with Crippen molar-refractivity contribution >= 4 is 11.9 Å². The van der Waals surface area contributed by atoms with Gasteiger partial charge < -0.3 is 14.8 Å². The van der Waals surface area contributed by atoms with Crippen LogP contribution in [0.15, 0.2) is 18.2 Å². The standard InChI is InChI=1S/C21H31NO4/c1-15-8-6-9-16(2)20(15)26-13-7-12-19(23)22-14-17-10-4-5-11-18(17)21(24)25-3/h6,8-9,17-18H,4-5,7,10-14H2,1-3H3,(H,22,23). The largest absolute Gasteiger partial charge is 0.493 e. The minimum atomic E-state index is -0.147. The number of aryl methyl sites for hydroxylation is 2. The van der Waals surface area contributed by atoms with E-state index in [4.69, 9.17) is 9.47 Å². The molecule has 0 radical (unpaired) electrons. The van der Waals surface area contributed by atoms with E-state index in [-0.39, 0.29) is 23.7 Å². The summed E-state index contributed by atoms with van der Waals surface area (Å²) < 4.78 is 10.7. The molecular formula is C21H31NO4. The zero-order valence-corrected chi connectivity index (χ0v) is 16.2. The van der Waals surface area contributed by atoms with E-state index >= 15 is 0 Å². The SMILES string of the molecule is COC(=O)C1CCCCC1CNC(=O)CCCOc1c(C)cccc1C. The third-order valence-corrected chi connectivity index (χ3v) is 5.18. The highest BCUT2D eigenvalue weighted by Gasteiger charge is 2.31. The summed E-state index contributed by atoms with van der Waals surface area (Å²) in [5, 5.41) is 2.98. The number of nitrogens with one attached hydrogen (secondary N) is 1. The van der Waals surface area contributed by atoms with Gasteiger partial charge in [-0.05, 0) is 50.2 Å². The summed E-state index contributed by atoms with van der Waals surface area (Å²) in [5.74, 6) is 0.888. The highest BCUT2D eigenvalue weighted by Crippen LogP contribution is 2.30. The Morgan fingerprint density at radius 3 is 2.54 bits per heavy atom. The average Bonchev–Trinajstić information content (AvgIpc) is 2.65. The van der Waals surface area contributed by atoms with Crippen LogP contribution in [0.4, 0.5) is 0 Å². The van der Waals surface area contributed by atoms with Crippen LogP contribution >= 0.6 is 0 Å². The fraction of sp³-hybridized carbons (Fsp3) is 0.619. The molecule has 0 heterocycles. The van der Waals surface area contributed by atoms with E-state index < -0.39 is 0 Å². The summed E-state index contributed by atoms with van der Waals surface area (Å²) in [7, 11) is 1.43. The Kier molecular flexibility index (Phi) is 7.95. The van der Waals surface area contributed by atoms with Gasteiger partial charge in [0.15, 0.2) is 0 Å². The number of esters is 1. The molecule has 1 aliphatic rings. The van der Waals surface area contributed by atoms with Gasteiger partial charge in [-0.3, -0.25) is 9.59 Å². The smallest absolute Gasteiger partial charge is 0.309 e. The molecule has 1 amide bonds. The lowest BCUT2D eigenvalue weighted by Gasteiger charge is -2.29. The Morgan fingerprint density at radius 1 is 1.15 bits per heavy atom. The third kappa shape index (κ3) is 5.75. The molecule has 26 heavy (non-hydrogen) atoms. The first kappa shape index (κ1) is 20.3. The van der Waals surface area contributed by atoms with Crippen molar-refractivity contribution in [1.82, 2.24) is 5.32 Å². The Balaban J connectivity index is 1.69. The van der Waals surface area contributed by atoms with E-state index in [1.807, 2.05) is 32.0 Å². The highest BCUT2D eigenvalue weighted by molar-refractivity contribution is 5.76. The lowest BCUT2D eigenvalue weighted by Crippen LogP contribution is -2.37. The Bertz CT molecular complexity index is 594. The predicted molar refractivity (Wildman–Crippen MR) is 101 cm³/mol. The van der Waals surface area contributed by atoms with Gasteiger partial charge in [0.25, 0.3) is 0 Å². The van der Waals surface area contributed by atoms with Crippen molar-refractivity contribution in [2.75, 3.05) is 20.3 Å². The van der Waals surface area contributed by atoms with Crippen LogP contribution in [-0.4, -0.2) is 32.1 Å². The highest BCUT2D eigenvalue weighted by atomic mass is 16.5. The van der Waals surface area contributed by atoms with E-state index in [0.29, 0.717) is 26.0 Å². The number of amides is 1. The molecule has 5 heteroatoms. The lowest BCUT2D eigenvalue weighted by molar-refractivity contribution is -0.148. The van der Waals surface area contributed by atoms with E-state index in [1.54, 1.807) is 0 Å². The molecule has 0 spiro atoms. The molecule has 2 rings (SSSR count). The van der Waals surface area contributed by atoms with Crippen molar-refractivity contribution in [3.05, 3.63) is 29.3 Å². The van der Waals surface area contributed by atoms with Crippen molar-refractivity contribution in [2.24, 2.45) is 11.8 Å². The van der Waals surface area contributed by atoms with Crippen LogP contribution in [0.5, 0.6) is 5.75 Å². The molecule has 1 aromatic carbocycles. The molecule has 0 saturated heterocycles. The molecule has 1 aliphatic carbocycles. The first-order valence-corrected chi connectivity index (χ1v) is 9.56. The van der Waals surface area contributed by atoms with E-state index in [9.17, 15) is 9.59 Å². The van der Waals surface area contributed by atoms with Crippen molar-refractivity contribution in [3.63, 3.8) is 0 Å². The maximum atomic E-state index is 12.1. The van der Waals surface area contributed by atoms with Gasteiger partial charge in [0, 0.05) is 13.0 Å². The molecule has 0 aromatic heterocycles. The summed E-state index contributed by atoms with van der Waals surface area (Å²) in [6, 6.07) is 6.06. The molecule has 0 aliphatic heterocycles. The maximum absolute atomic E-state index is 12.1. The molecule has 1 aromatic rings. The number of carbonyl (C=O) groups is 2. The number of para-hydroxylation sites is 1. The van der Waals surface area contributed by atoms with Crippen LogP contribution in [0.25, 0.3) is 0 Å². The summed E-state index contributed by atoms with van der Waals surface area (Å²) in [4.78, 5) is 24.0. The topological polar surface area (TPSA) is 64.6 Å². The van der Waals surface area contributed by atoms with Crippen molar-refractivity contribution < 1.29 is 19.1 Å². The zero-order valence-electron chi connectivity index (χ0n) is 16.2. The zero-order chi connectivity index (χ0) is 18.9. The van der Waals surface area contributed by atoms with Crippen LogP contribution in [0.1, 0.15) is 49.7 Å². The molecule has 1 saturated carbocycles. The summed E-state index contributed by atoms with van der Waals surface area (Å²) in [5.41, 5.74) is 2.22. The minimum Gasteiger partial charge on any atom is -0.493 e. The number of benzene rings is 1. The second-order valence-corrected chi connectivity index (χ2v) is 7.15. The minimum absolute atomic E-state index is 0.0179. The predicted octanol–water partition coefficient (Wildman–Crippen LogP) is 3.56. The van der Waals surface area contributed by atoms with Crippen molar-refractivity contribution in [2.45, 2.75) is 52.4 Å². The number of methoxy groups -OCH3 is 1. The third-order valence-electron chi connectivity index (χ3n) is 5.18. The normalized spacial score (nSPS) is 19.7. The molecule has 2 unspecified atom stereocenters. The monoisotopic (exact) mass is 361 g/mol. The van der Waals surface area contributed by atoms with Crippen LogP contribution < -0.4 is 10.1 Å². The second kappa shape index (κ2) is 10.2. The van der Waals surface area contributed by atoms with Gasteiger partial charge in [-0.15, -0.1) is 0 Å². The first-order valence-electron chi connectivity index (χ1n) is 9.56. The van der Waals surface area contributed by atoms with Gasteiger partial charge in [0.2, 0.25) is 5.91 Å². The number of rotatable bonds is 8. The molecule has 1 fully saturated rings. The summed E-state index contributed by atoms with van der Waals surface area (Å²) in [6.07, 6.45) is 5.09. The fourth-order valence-electron chi connectivity index (χ4n) is 3.68. The van der Waals surface area contributed by atoms with Crippen molar-refractivity contribution in [1.29, 1.82) is 0 Å². The first-order chi connectivity index (χ1) is 12.5. The van der Waals surface area contributed by atoms with Gasteiger partial charge >= 0.3 is 5.97 Å². The second-order valence-electron chi connectivity index (χ2n) is 7.15. The van der Waals surface area contributed by atoms with Crippen LogP contribution in [0.2, 0.25) is 0 Å². The Morgan fingerprint density at radius 2 is 1.85 bits per heavy atom. The van der Waals surface area contributed by atoms with Crippen LogP contribution in [0.3, 0.4) is 0 Å². The van der Waals surface area contributed by atoms with Gasteiger partial charge in [-0.2, -0.15) is 0 Å². The molecule has 0 bridgehead atoms. The summed E-state index contributed by atoms with van der Waals surface area (Å²) >= 11 is 0. The van der Waals surface area contributed by atoms with Crippen LogP contribution in [-0.2, 0) is 14.3 Å². The number of ether oxygens (including phenoxy) is 2.